The molecule has 22 heavy (non-hydrogen) atoms. The van der Waals surface area contributed by atoms with Crippen LogP contribution in [0.4, 0.5) is 52.7 Å². The molecule has 0 bridgehead atoms. The number of rotatable bonds is 2. The number of hydrogen-bond acceptors (Lipinski definition) is 0. The second-order valence-corrected chi connectivity index (χ2v) is 5.23. The normalized spacial score (nSPS) is 29.6. The average molecular weight is 356 g/mol. The summed E-state index contributed by atoms with van der Waals surface area (Å²) < 4.78 is 158. The second-order valence-electron chi connectivity index (χ2n) is 5.23. The van der Waals surface area contributed by atoms with E-state index >= 15 is 0 Å². The molecule has 1 aliphatic carbocycles. The Morgan fingerprint density at radius 3 is 1.14 bits per heavy atom. The van der Waals surface area contributed by atoms with E-state index in [0.29, 0.717) is 13.8 Å². The van der Waals surface area contributed by atoms with Crippen molar-refractivity contribution < 1.29 is 52.7 Å². The van der Waals surface area contributed by atoms with Gasteiger partial charge in [0.05, 0.1) is 0 Å². The molecule has 1 aliphatic rings. The molecule has 0 aliphatic heterocycles. The minimum atomic E-state index is -7.23. The largest absolute Gasteiger partial charge is 0.384 e. The molecular weight excluding hydrogens is 348 g/mol. The van der Waals surface area contributed by atoms with Gasteiger partial charge in [-0.2, -0.15) is 43.9 Å². The zero-order valence-corrected chi connectivity index (χ0v) is 10.7. The molecule has 0 atom stereocenters. The molecular formula is C10H8F12. The summed E-state index contributed by atoms with van der Waals surface area (Å²) in [7, 11) is 0. The highest BCUT2D eigenvalue weighted by molar-refractivity contribution is 5.21. The summed E-state index contributed by atoms with van der Waals surface area (Å²) in [5, 5.41) is 0. The first kappa shape index (κ1) is 19.2. The molecule has 0 saturated heterocycles. The number of hydrogen-bond donors (Lipinski definition) is 0. The van der Waals surface area contributed by atoms with Crippen LogP contribution in [0.3, 0.4) is 0 Å². The van der Waals surface area contributed by atoms with Gasteiger partial charge in [0.2, 0.25) is 0 Å². The first-order valence-electron chi connectivity index (χ1n) is 5.58. The van der Waals surface area contributed by atoms with Gasteiger partial charge in [-0.05, 0) is 0 Å². The van der Waals surface area contributed by atoms with Crippen molar-refractivity contribution in [2.75, 3.05) is 0 Å². The van der Waals surface area contributed by atoms with Crippen LogP contribution in [-0.2, 0) is 0 Å². The van der Waals surface area contributed by atoms with Crippen LogP contribution >= 0.6 is 0 Å². The smallest absolute Gasteiger partial charge is 0.206 e. The number of halogens is 12. The van der Waals surface area contributed by atoms with Gasteiger partial charge in [-0.1, -0.05) is 13.8 Å². The van der Waals surface area contributed by atoms with Gasteiger partial charge in [0, 0.05) is 5.92 Å². The highest BCUT2D eigenvalue weighted by Crippen LogP contribution is 2.69. The standard InChI is InChI=1S/C10H8F12/c1-3(2)5(11,12)4-6(13,14)8(17,18)10(21,22)9(19,20)7(4,15)16/h3-4H,1-2H3. The zero-order chi connectivity index (χ0) is 18.2. The molecule has 1 rings (SSSR count). The van der Waals surface area contributed by atoms with Crippen LogP contribution < -0.4 is 0 Å². The predicted molar refractivity (Wildman–Crippen MR) is 48.0 cm³/mol. The van der Waals surface area contributed by atoms with E-state index in [0.717, 1.165) is 0 Å². The van der Waals surface area contributed by atoms with Crippen LogP contribution in [0.5, 0.6) is 0 Å². The van der Waals surface area contributed by atoms with Gasteiger partial charge < -0.3 is 0 Å². The first-order valence-corrected chi connectivity index (χ1v) is 5.58. The monoisotopic (exact) mass is 356 g/mol. The maximum Gasteiger partial charge on any atom is 0.384 e. The van der Waals surface area contributed by atoms with Crippen LogP contribution in [0.15, 0.2) is 0 Å². The topological polar surface area (TPSA) is 0 Å². The summed E-state index contributed by atoms with van der Waals surface area (Å²) in [6, 6.07) is 0. The van der Waals surface area contributed by atoms with Crippen molar-refractivity contribution in [1.82, 2.24) is 0 Å². The van der Waals surface area contributed by atoms with Gasteiger partial charge in [-0.15, -0.1) is 0 Å². The third-order valence-corrected chi connectivity index (χ3v) is 3.51. The first-order chi connectivity index (χ1) is 9.31. The fraction of sp³-hybridized carbons (Fsp3) is 1.00. The van der Waals surface area contributed by atoms with Crippen LogP contribution in [0.1, 0.15) is 13.8 Å². The van der Waals surface area contributed by atoms with E-state index < -0.39 is 47.4 Å². The SMILES string of the molecule is CC(C)C(F)(F)C1C(F)(F)C(F)(F)C(F)(F)C(F)(F)C1(F)F. The van der Waals surface area contributed by atoms with Gasteiger partial charge in [-0.3, -0.25) is 0 Å². The fourth-order valence-corrected chi connectivity index (χ4v) is 2.02. The molecule has 0 radical (unpaired) electrons. The van der Waals surface area contributed by atoms with Crippen molar-refractivity contribution >= 4 is 0 Å². The lowest BCUT2D eigenvalue weighted by Crippen LogP contribution is -2.80. The quantitative estimate of drug-likeness (QED) is 0.605. The van der Waals surface area contributed by atoms with E-state index in [4.69, 9.17) is 0 Å². The second kappa shape index (κ2) is 4.37. The van der Waals surface area contributed by atoms with Gasteiger partial charge in [-0.25, -0.2) is 8.78 Å². The maximum atomic E-state index is 13.5. The molecule has 1 fully saturated rings. The number of alkyl halides is 12. The summed E-state index contributed by atoms with van der Waals surface area (Å²) >= 11 is 0. The molecule has 12 heteroatoms. The van der Waals surface area contributed by atoms with Gasteiger partial charge in [0.25, 0.3) is 5.92 Å². The summed E-state index contributed by atoms with van der Waals surface area (Å²) in [6.45, 7) is 0.629. The maximum absolute atomic E-state index is 13.5. The molecule has 0 spiro atoms. The molecule has 132 valence electrons. The van der Waals surface area contributed by atoms with Crippen molar-refractivity contribution in [1.29, 1.82) is 0 Å². The highest BCUT2D eigenvalue weighted by atomic mass is 19.4. The lowest BCUT2D eigenvalue weighted by Gasteiger charge is -2.51. The molecule has 0 aromatic heterocycles. The van der Waals surface area contributed by atoms with E-state index in [1.807, 2.05) is 0 Å². The van der Waals surface area contributed by atoms with Crippen LogP contribution in [0.25, 0.3) is 0 Å². The molecule has 0 aromatic rings. The Labute approximate surface area is 115 Å². The minimum Gasteiger partial charge on any atom is -0.206 e. The lowest BCUT2D eigenvalue weighted by atomic mass is 9.69. The van der Waals surface area contributed by atoms with E-state index in [-0.39, 0.29) is 0 Å². The lowest BCUT2D eigenvalue weighted by molar-refractivity contribution is -0.481. The molecule has 0 amide bonds. The molecule has 0 heterocycles. The Kier molecular flexibility index (Phi) is 3.81. The molecule has 0 N–H and O–H groups in total. The molecule has 1 saturated carbocycles. The Balaban J connectivity index is 3.78. The Morgan fingerprint density at radius 2 is 0.909 bits per heavy atom. The summed E-state index contributed by atoms with van der Waals surface area (Å²) in [6.07, 6.45) is 0. The molecule has 0 aromatic carbocycles. The zero-order valence-electron chi connectivity index (χ0n) is 10.7. The van der Waals surface area contributed by atoms with Crippen molar-refractivity contribution in [2.45, 2.75) is 49.4 Å². The molecule has 0 unspecified atom stereocenters. The minimum absolute atomic E-state index is 0.315. The van der Waals surface area contributed by atoms with Gasteiger partial charge in [0.1, 0.15) is 0 Å². The average Bonchev–Trinajstić information content (AvgIpc) is 2.24. The van der Waals surface area contributed by atoms with Crippen molar-refractivity contribution in [3.63, 3.8) is 0 Å². The Hall–Kier alpha value is -0.840. The summed E-state index contributed by atoms with van der Waals surface area (Å²) in [5.41, 5.74) is 0. The predicted octanol–water partition coefficient (Wildman–Crippen LogP) is 5.08. The van der Waals surface area contributed by atoms with Crippen LogP contribution in [-0.4, -0.2) is 35.5 Å². The Morgan fingerprint density at radius 1 is 0.636 bits per heavy atom. The van der Waals surface area contributed by atoms with Crippen molar-refractivity contribution in [2.24, 2.45) is 11.8 Å². The summed E-state index contributed by atoms with van der Waals surface area (Å²) in [5.74, 6) is -48.3. The van der Waals surface area contributed by atoms with E-state index in [1.54, 1.807) is 0 Å². The fourth-order valence-electron chi connectivity index (χ4n) is 2.02. The van der Waals surface area contributed by atoms with Gasteiger partial charge in [0.15, 0.2) is 5.92 Å². The Bertz CT molecular complexity index is 419. The van der Waals surface area contributed by atoms with E-state index in [2.05, 4.69) is 0 Å². The summed E-state index contributed by atoms with van der Waals surface area (Å²) in [4.78, 5) is 0. The third-order valence-electron chi connectivity index (χ3n) is 3.51. The van der Waals surface area contributed by atoms with Crippen LogP contribution in [0.2, 0.25) is 0 Å². The molecule has 0 nitrogen and oxygen atoms in total. The van der Waals surface area contributed by atoms with E-state index in [9.17, 15) is 52.7 Å². The van der Waals surface area contributed by atoms with E-state index in [1.165, 1.54) is 0 Å². The van der Waals surface area contributed by atoms with Crippen LogP contribution in [0, 0.1) is 11.8 Å². The third kappa shape index (κ3) is 1.81. The van der Waals surface area contributed by atoms with Gasteiger partial charge >= 0.3 is 29.6 Å². The van der Waals surface area contributed by atoms with Crippen molar-refractivity contribution in [3.05, 3.63) is 0 Å². The highest BCUT2D eigenvalue weighted by Gasteiger charge is 2.97. The van der Waals surface area contributed by atoms with Crippen molar-refractivity contribution in [3.8, 4) is 0 Å².